The van der Waals surface area contributed by atoms with Crippen LogP contribution >= 0.6 is 0 Å². The number of fused-ring (bicyclic) bond motifs is 1. The summed E-state index contributed by atoms with van der Waals surface area (Å²) in [6.07, 6.45) is 6.89. The number of nitrogens with one attached hydrogen (secondary N) is 1. The molecular weight excluding hydrogens is 320 g/mol. The number of para-hydroxylation sites is 1. The molecular formula is C18H14N4O3. The molecule has 0 saturated heterocycles. The Bertz CT molecular complexity index is 1050. The number of nitro groups is 1. The van der Waals surface area contributed by atoms with E-state index < -0.39 is 11.0 Å². The summed E-state index contributed by atoms with van der Waals surface area (Å²) in [6.45, 7) is 0. The number of benzene rings is 2. The van der Waals surface area contributed by atoms with Crippen LogP contribution in [0.25, 0.3) is 10.9 Å². The molecule has 7 nitrogen and oxygen atoms in total. The largest absolute Gasteiger partial charge is 0.508 e. The van der Waals surface area contributed by atoms with Crippen molar-refractivity contribution in [3.63, 3.8) is 0 Å². The maximum atomic E-state index is 11.2. The number of rotatable bonds is 4. The quantitative estimate of drug-likeness (QED) is 0.440. The minimum Gasteiger partial charge on any atom is -0.508 e. The fraction of sp³-hybridized carbons (Fsp3) is 0.0556. The molecule has 1 atom stereocenters. The number of phenols is 1. The molecule has 0 aliphatic rings. The Balaban J connectivity index is 1.98. The van der Waals surface area contributed by atoms with Gasteiger partial charge < -0.3 is 14.7 Å². The molecule has 4 aromatic rings. The smallest absolute Gasteiger partial charge is 0.270 e. The Morgan fingerprint density at radius 3 is 2.80 bits per heavy atom. The summed E-state index contributed by atoms with van der Waals surface area (Å²) in [5.74, 6) is -0.00502. The van der Waals surface area contributed by atoms with E-state index in [4.69, 9.17) is 0 Å². The van der Waals surface area contributed by atoms with E-state index >= 15 is 0 Å². The summed E-state index contributed by atoms with van der Waals surface area (Å²) in [6, 6.07) is 11.4. The first-order chi connectivity index (χ1) is 12.1. The van der Waals surface area contributed by atoms with Crippen LogP contribution in [0.1, 0.15) is 17.2 Å². The Morgan fingerprint density at radius 2 is 2.04 bits per heavy atom. The average Bonchev–Trinajstić information content (AvgIpc) is 3.27. The van der Waals surface area contributed by atoms with Crippen molar-refractivity contribution in [3.8, 4) is 5.75 Å². The van der Waals surface area contributed by atoms with Crippen molar-refractivity contribution in [1.29, 1.82) is 0 Å². The average molecular weight is 334 g/mol. The van der Waals surface area contributed by atoms with Gasteiger partial charge in [0.25, 0.3) is 5.69 Å². The van der Waals surface area contributed by atoms with E-state index in [1.807, 2.05) is 35.0 Å². The van der Waals surface area contributed by atoms with Gasteiger partial charge in [0.05, 0.1) is 17.3 Å². The summed E-state index contributed by atoms with van der Waals surface area (Å²) < 4.78 is 1.81. The third-order valence-electron chi connectivity index (χ3n) is 4.26. The molecule has 0 radical (unpaired) electrons. The molecule has 0 saturated carbocycles. The molecule has 124 valence electrons. The molecule has 0 aliphatic carbocycles. The lowest BCUT2D eigenvalue weighted by atomic mass is 9.96. The predicted octanol–water partition coefficient (Wildman–Crippen LogP) is 3.62. The van der Waals surface area contributed by atoms with Crippen LogP contribution in [-0.2, 0) is 0 Å². The zero-order chi connectivity index (χ0) is 17.4. The molecule has 2 aromatic heterocycles. The summed E-state index contributed by atoms with van der Waals surface area (Å²) in [7, 11) is 0. The van der Waals surface area contributed by atoms with Gasteiger partial charge in [-0.1, -0.05) is 18.2 Å². The van der Waals surface area contributed by atoms with E-state index in [2.05, 4.69) is 9.97 Å². The molecule has 0 bridgehead atoms. The van der Waals surface area contributed by atoms with Crippen molar-refractivity contribution in [2.45, 2.75) is 6.04 Å². The molecule has 25 heavy (non-hydrogen) atoms. The monoisotopic (exact) mass is 334 g/mol. The van der Waals surface area contributed by atoms with Crippen LogP contribution in [0.3, 0.4) is 0 Å². The van der Waals surface area contributed by atoms with E-state index in [1.165, 1.54) is 18.2 Å². The predicted molar refractivity (Wildman–Crippen MR) is 92.5 cm³/mol. The first kappa shape index (κ1) is 14.9. The first-order valence-corrected chi connectivity index (χ1v) is 7.66. The van der Waals surface area contributed by atoms with E-state index in [-0.39, 0.29) is 11.4 Å². The Labute approximate surface area is 142 Å². The lowest BCUT2D eigenvalue weighted by molar-refractivity contribution is -0.385. The van der Waals surface area contributed by atoms with Crippen LogP contribution in [0.15, 0.2) is 67.4 Å². The standard InChI is InChI=1S/C18H14N4O3/c23-17-6-5-12(22(24)25)9-14(17)18(21-8-7-19-11-21)15-10-20-16-4-2-1-3-13(15)16/h1-11,18,20,23H. The zero-order valence-electron chi connectivity index (χ0n) is 13.0. The SMILES string of the molecule is O=[N+]([O-])c1ccc(O)c(C(c2c[nH]c3ccccc23)n2ccnc2)c1. The molecule has 2 aromatic carbocycles. The summed E-state index contributed by atoms with van der Waals surface area (Å²) in [5, 5.41) is 22.5. The van der Waals surface area contributed by atoms with Gasteiger partial charge in [-0.05, 0) is 12.1 Å². The van der Waals surface area contributed by atoms with Crippen LogP contribution in [0.2, 0.25) is 0 Å². The van der Waals surface area contributed by atoms with Gasteiger partial charge in [0.1, 0.15) is 5.75 Å². The highest BCUT2D eigenvalue weighted by Gasteiger charge is 2.24. The van der Waals surface area contributed by atoms with Gasteiger partial charge in [-0.25, -0.2) is 4.98 Å². The Hall–Kier alpha value is -3.61. The van der Waals surface area contributed by atoms with Gasteiger partial charge in [-0.15, -0.1) is 0 Å². The second-order valence-corrected chi connectivity index (χ2v) is 5.70. The molecule has 4 rings (SSSR count). The number of H-pyrrole nitrogens is 1. The van der Waals surface area contributed by atoms with Crippen molar-refractivity contribution < 1.29 is 10.0 Å². The van der Waals surface area contributed by atoms with Crippen molar-refractivity contribution in [2.75, 3.05) is 0 Å². The van der Waals surface area contributed by atoms with Crippen molar-refractivity contribution in [1.82, 2.24) is 14.5 Å². The number of aromatic hydroxyl groups is 1. The number of nitrogens with zero attached hydrogens (tertiary/aromatic N) is 3. The normalized spacial score (nSPS) is 12.3. The van der Waals surface area contributed by atoms with E-state index in [0.29, 0.717) is 5.56 Å². The minimum absolute atomic E-state index is 0.00502. The lowest BCUT2D eigenvalue weighted by Gasteiger charge is -2.19. The fourth-order valence-corrected chi connectivity index (χ4v) is 3.11. The highest BCUT2D eigenvalue weighted by molar-refractivity contribution is 5.84. The van der Waals surface area contributed by atoms with Crippen LogP contribution in [0, 0.1) is 10.1 Å². The molecule has 2 heterocycles. The number of non-ortho nitro benzene ring substituents is 1. The first-order valence-electron chi connectivity index (χ1n) is 7.66. The van der Waals surface area contributed by atoms with E-state index in [1.54, 1.807) is 18.7 Å². The van der Waals surface area contributed by atoms with Crippen molar-refractivity contribution >= 4 is 16.6 Å². The second kappa shape index (κ2) is 5.79. The summed E-state index contributed by atoms with van der Waals surface area (Å²) in [4.78, 5) is 18.0. The number of imidazole rings is 1. The number of aromatic amines is 1. The Morgan fingerprint density at radius 1 is 1.20 bits per heavy atom. The minimum atomic E-state index is -0.469. The number of aromatic nitrogens is 3. The van der Waals surface area contributed by atoms with Gasteiger partial charge in [0, 0.05) is 52.8 Å². The lowest BCUT2D eigenvalue weighted by Crippen LogP contribution is -2.11. The molecule has 2 N–H and O–H groups in total. The van der Waals surface area contributed by atoms with Crippen molar-refractivity contribution in [2.24, 2.45) is 0 Å². The van der Waals surface area contributed by atoms with Crippen molar-refractivity contribution in [3.05, 3.63) is 88.6 Å². The maximum Gasteiger partial charge on any atom is 0.270 e. The number of nitro benzene ring substituents is 1. The number of hydrogen-bond donors (Lipinski definition) is 2. The van der Waals surface area contributed by atoms with Crippen LogP contribution in [-0.4, -0.2) is 24.6 Å². The fourth-order valence-electron chi connectivity index (χ4n) is 3.11. The molecule has 0 amide bonds. The molecule has 0 aliphatic heterocycles. The maximum absolute atomic E-state index is 11.2. The molecule has 1 unspecified atom stereocenters. The highest BCUT2D eigenvalue weighted by atomic mass is 16.6. The van der Waals surface area contributed by atoms with Gasteiger partial charge in [-0.3, -0.25) is 10.1 Å². The van der Waals surface area contributed by atoms with Crippen LogP contribution in [0.5, 0.6) is 5.75 Å². The van der Waals surface area contributed by atoms with Gasteiger partial charge in [0.2, 0.25) is 0 Å². The summed E-state index contributed by atoms with van der Waals surface area (Å²) in [5.41, 5.74) is 2.21. The number of hydrogen-bond acceptors (Lipinski definition) is 4. The molecule has 7 heteroatoms. The summed E-state index contributed by atoms with van der Waals surface area (Å²) >= 11 is 0. The molecule has 0 fully saturated rings. The van der Waals surface area contributed by atoms with E-state index in [9.17, 15) is 15.2 Å². The third kappa shape index (κ3) is 2.51. The van der Waals surface area contributed by atoms with E-state index in [0.717, 1.165) is 16.5 Å². The zero-order valence-corrected chi connectivity index (χ0v) is 13.0. The van der Waals surface area contributed by atoms with Gasteiger partial charge >= 0.3 is 0 Å². The highest BCUT2D eigenvalue weighted by Crippen LogP contribution is 2.37. The van der Waals surface area contributed by atoms with Gasteiger partial charge in [0.15, 0.2) is 0 Å². The van der Waals surface area contributed by atoms with Crippen LogP contribution < -0.4 is 0 Å². The van der Waals surface area contributed by atoms with Crippen LogP contribution in [0.4, 0.5) is 5.69 Å². The Kier molecular flexibility index (Phi) is 3.46. The van der Waals surface area contributed by atoms with Gasteiger partial charge in [-0.2, -0.15) is 0 Å². The second-order valence-electron chi connectivity index (χ2n) is 5.70. The number of phenolic OH excluding ortho intramolecular Hbond substituents is 1. The third-order valence-corrected chi connectivity index (χ3v) is 4.26. The topological polar surface area (TPSA) is 97.0 Å². The molecule has 0 spiro atoms.